The van der Waals surface area contributed by atoms with Gasteiger partial charge in [-0.2, -0.15) is 0 Å². The maximum atomic E-state index is 5.67. The van der Waals surface area contributed by atoms with Gasteiger partial charge in [0.1, 0.15) is 0 Å². The first-order valence-electron chi connectivity index (χ1n) is 6.39. The van der Waals surface area contributed by atoms with Crippen molar-refractivity contribution in [1.29, 1.82) is 0 Å². The highest BCUT2D eigenvalue weighted by Crippen LogP contribution is 2.44. The van der Waals surface area contributed by atoms with Crippen LogP contribution >= 0.6 is 0 Å². The van der Waals surface area contributed by atoms with Crippen LogP contribution < -0.4 is 0 Å². The first-order chi connectivity index (χ1) is 7.29. The van der Waals surface area contributed by atoms with Crippen molar-refractivity contribution in [3.8, 4) is 0 Å². The average molecular weight is 214 g/mol. The molecule has 0 radical (unpaired) electrons. The summed E-state index contributed by atoms with van der Waals surface area (Å²) in [6.45, 7) is 6.04. The lowest BCUT2D eigenvalue weighted by molar-refractivity contribution is -0.0496. The minimum atomic E-state index is 0.320. The number of unbranched alkanes of at least 4 members (excludes halogenated alkanes) is 1. The van der Waals surface area contributed by atoms with Gasteiger partial charge in [0.2, 0.25) is 0 Å². The maximum absolute atomic E-state index is 5.67. The number of hydrogen-bond acceptors (Lipinski definition) is 2. The number of methoxy groups -OCH3 is 1. The van der Waals surface area contributed by atoms with Crippen LogP contribution in [0.4, 0.5) is 0 Å². The topological polar surface area (TPSA) is 18.5 Å². The fraction of sp³-hybridized carbons (Fsp3) is 1.00. The molecule has 0 aromatic heterocycles. The van der Waals surface area contributed by atoms with Gasteiger partial charge in [0.15, 0.2) is 0 Å². The van der Waals surface area contributed by atoms with Crippen molar-refractivity contribution >= 4 is 0 Å². The third kappa shape index (κ3) is 3.18. The SMILES string of the molecule is CCCCC1(COCC)CCCC1OC. The molecular weight excluding hydrogens is 188 g/mol. The molecule has 15 heavy (non-hydrogen) atoms. The summed E-state index contributed by atoms with van der Waals surface area (Å²) in [5.41, 5.74) is 0.320. The molecule has 0 N–H and O–H groups in total. The van der Waals surface area contributed by atoms with Crippen LogP contribution in [0.25, 0.3) is 0 Å². The van der Waals surface area contributed by atoms with Gasteiger partial charge in [-0.3, -0.25) is 0 Å². The number of hydrogen-bond donors (Lipinski definition) is 0. The van der Waals surface area contributed by atoms with E-state index in [1.807, 2.05) is 7.11 Å². The van der Waals surface area contributed by atoms with E-state index >= 15 is 0 Å². The average Bonchev–Trinajstić information content (AvgIpc) is 2.67. The molecule has 2 atom stereocenters. The van der Waals surface area contributed by atoms with Gasteiger partial charge < -0.3 is 9.47 Å². The lowest BCUT2D eigenvalue weighted by atomic mass is 9.80. The summed E-state index contributed by atoms with van der Waals surface area (Å²) in [6, 6.07) is 0. The largest absolute Gasteiger partial charge is 0.381 e. The van der Waals surface area contributed by atoms with E-state index in [4.69, 9.17) is 9.47 Å². The predicted molar refractivity (Wildman–Crippen MR) is 63.1 cm³/mol. The smallest absolute Gasteiger partial charge is 0.0649 e. The highest BCUT2D eigenvalue weighted by atomic mass is 16.5. The minimum absolute atomic E-state index is 0.320. The Hall–Kier alpha value is -0.0800. The summed E-state index contributed by atoms with van der Waals surface area (Å²) < 4.78 is 11.3. The maximum Gasteiger partial charge on any atom is 0.0649 e. The molecule has 1 aliphatic carbocycles. The zero-order valence-electron chi connectivity index (χ0n) is 10.6. The first kappa shape index (κ1) is 13.0. The molecule has 2 unspecified atom stereocenters. The van der Waals surface area contributed by atoms with Crippen LogP contribution in [-0.2, 0) is 9.47 Å². The standard InChI is InChI=1S/C13H26O2/c1-4-6-9-13(11-15-5-2)10-7-8-12(13)14-3/h12H,4-11H2,1-3H3. The van der Waals surface area contributed by atoms with Gasteiger partial charge in [-0.05, 0) is 26.2 Å². The van der Waals surface area contributed by atoms with Crippen LogP contribution in [0.3, 0.4) is 0 Å². The fourth-order valence-corrected chi connectivity index (χ4v) is 2.83. The molecule has 2 heteroatoms. The summed E-state index contributed by atoms with van der Waals surface area (Å²) >= 11 is 0. The van der Waals surface area contributed by atoms with Gasteiger partial charge in [0, 0.05) is 19.1 Å². The second kappa shape index (κ2) is 6.49. The van der Waals surface area contributed by atoms with Crippen LogP contribution in [-0.4, -0.2) is 26.4 Å². The molecule has 0 amide bonds. The Morgan fingerprint density at radius 3 is 2.73 bits per heavy atom. The molecule has 2 nitrogen and oxygen atoms in total. The van der Waals surface area contributed by atoms with E-state index in [1.165, 1.54) is 38.5 Å². The molecule has 0 heterocycles. The van der Waals surface area contributed by atoms with Crippen molar-refractivity contribution in [2.24, 2.45) is 5.41 Å². The van der Waals surface area contributed by atoms with Crippen LogP contribution in [0.2, 0.25) is 0 Å². The van der Waals surface area contributed by atoms with E-state index in [2.05, 4.69) is 13.8 Å². The van der Waals surface area contributed by atoms with E-state index in [0.717, 1.165) is 13.2 Å². The summed E-state index contributed by atoms with van der Waals surface area (Å²) in [7, 11) is 1.85. The Kier molecular flexibility index (Phi) is 5.62. The van der Waals surface area contributed by atoms with Gasteiger partial charge in [-0.25, -0.2) is 0 Å². The number of rotatable bonds is 7. The Morgan fingerprint density at radius 1 is 1.33 bits per heavy atom. The molecule has 90 valence electrons. The van der Waals surface area contributed by atoms with Gasteiger partial charge in [0.05, 0.1) is 12.7 Å². The Bertz CT molecular complexity index is 160. The molecule has 0 saturated heterocycles. The predicted octanol–water partition coefficient (Wildman–Crippen LogP) is 3.40. The lowest BCUT2D eigenvalue weighted by Gasteiger charge is -2.34. The van der Waals surface area contributed by atoms with Gasteiger partial charge >= 0.3 is 0 Å². The van der Waals surface area contributed by atoms with E-state index in [1.54, 1.807) is 0 Å². The quantitative estimate of drug-likeness (QED) is 0.646. The molecule has 0 bridgehead atoms. The van der Waals surface area contributed by atoms with Crippen molar-refractivity contribution in [2.45, 2.75) is 58.5 Å². The van der Waals surface area contributed by atoms with Crippen LogP contribution in [0.15, 0.2) is 0 Å². The van der Waals surface area contributed by atoms with Gasteiger partial charge in [-0.1, -0.05) is 26.2 Å². The lowest BCUT2D eigenvalue weighted by Crippen LogP contribution is -2.36. The van der Waals surface area contributed by atoms with Crippen molar-refractivity contribution in [2.75, 3.05) is 20.3 Å². The molecule has 0 aromatic rings. The Morgan fingerprint density at radius 2 is 2.13 bits per heavy atom. The van der Waals surface area contributed by atoms with Gasteiger partial charge in [0.25, 0.3) is 0 Å². The van der Waals surface area contributed by atoms with Crippen molar-refractivity contribution < 1.29 is 9.47 Å². The van der Waals surface area contributed by atoms with Crippen LogP contribution in [0.5, 0.6) is 0 Å². The molecule has 1 aliphatic rings. The molecule has 0 aliphatic heterocycles. The summed E-state index contributed by atoms with van der Waals surface area (Å²) in [5, 5.41) is 0. The normalized spacial score (nSPS) is 31.0. The molecule has 1 fully saturated rings. The zero-order chi connectivity index (χ0) is 11.1. The second-order valence-electron chi connectivity index (χ2n) is 4.72. The highest BCUT2D eigenvalue weighted by molar-refractivity contribution is 4.92. The molecule has 1 rings (SSSR count). The van der Waals surface area contributed by atoms with Crippen molar-refractivity contribution in [3.63, 3.8) is 0 Å². The van der Waals surface area contributed by atoms with Crippen molar-refractivity contribution in [3.05, 3.63) is 0 Å². The van der Waals surface area contributed by atoms with Crippen LogP contribution in [0, 0.1) is 5.41 Å². The first-order valence-corrected chi connectivity index (χ1v) is 6.39. The highest BCUT2D eigenvalue weighted by Gasteiger charge is 2.42. The summed E-state index contributed by atoms with van der Waals surface area (Å²) in [5.74, 6) is 0. The second-order valence-corrected chi connectivity index (χ2v) is 4.72. The molecular formula is C13H26O2. The Labute approximate surface area is 94.3 Å². The van der Waals surface area contributed by atoms with Crippen LogP contribution in [0.1, 0.15) is 52.4 Å². The van der Waals surface area contributed by atoms with Crippen molar-refractivity contribution in [1.82, 2.24) is 0 Å². The van der Waals surface area contributed by atoms with E-state index in [0.29, 0.717) is 11.5 Å². The minimum Gasteiger partial charge on any atom is -0.381 e. The van der Waals surface area contributed by atoms with E-state index in [9.17, 15) is 0 Å². The molecule has 0 spiro atoms. The fourth-order valence-electron chi connectivity index (χ4n) is 2.83. The van der Waals surface area contributed by atoms with Gasteiger partial charge in [-0.15, -0.1) is 0 Å². The molecule has 0 aromatic carbocycles. The third-order valence-electron chi connectivity index (χ3n) is 3.73. The summed E-state index contributed by atoms with van der Waals surface area (Å²) in [6.07, 6.45) is 8.06. The third-order valence-corrected chi connectivity index (χ3v) is 3.73. The van der Waals surface area contributed by atoms with E-state index in [-0.39, 0.29) is 0 Å². The summed E-state index contributed by atoms with van der Waals surface area (Å²) in [4.78, 5) is 0. The molecule has 1 saturated carbocycles. The Balaban J connectivity index is 2.56. The number of ether oxygens (including phenoxy) is 2. The van der Waals surface area contributed by atoms with E-state index < -0.39 is 0 Å². The monoisotopic (exact) mass is 214 g/mol. The zero-order valence-corrected chi connectivity index (χ0v) is 10.6.